The number of benzene rings is 2. The Balaban J connectivity index is 1.49. The lowest BCUT2D eigenvalue weighted by Crippen LogP contribution is -2.31. The van der Waals surface area contributed by atoms with Crippen LogP contribution in [0.2, 0.25) is 0 Å². The lowest BCUT2D eigenvalue weighted by molar-refractivity contribution is -0.114. The largest absolute Gasteiger partial charge is 0.390 e. The van der Waals surface area contributed by atoms with Crippen LogP contribution in [0, 0.1) is 0 Å². The third-order valence-corrected chi connectivity index (χ3v) is 6.35. The Bertz CT molecular complexity index is 929. The Morgan fingerprint density at radius 3 is 2.43 bits per heavy atom. The lowest BCUT2D eigenvalue weighted by atomic mass is 10.1. The molecule has 1 saturated heterocycles. The monoisotopic (exact) mass is 403 g/mol. The van der Waals surface area contributed by atoms with Crippen molar-refractivity contribution in [2.45, 2.75) is 25.5 Å². The molecule has 8 heteroatoms. The van der Waals surface area contributed by atoms with Gasteiger partial charge in [0, 0.05) is 17.1 Å². The molecule has 0 aliphatic carbocycles. The molecule has 2 aromatic rings. The first-order valence-electron chi connectivity index (χ1n) is 9.22. The molecule has 7 nitrogen and oxygen atoms in total. The standard InChI is InChI=1S/C20H25N3O4S/c1-2-14-4-3-5-17(10-14)23-20(25)11-21-15-6-8-16(9-7-15)22-18-12-28(26,27)13-19(18)24/h3-10,18-19,21-22,24H,2,11-13H2,1H3,(H,23,25). The number of carbonyl (C=O) groups excluding carboxylic acids is 1. The van der Waals surface area contributed by atoms with Gasteiger partial charge in [0.25, 0.3) is 0 Å². The minimum atomic E-state index is -3.19. The summed E-state index contributed by atoms with van der Waals surface area (Å²) in [7, 11) is -3.19. The molecule has 3 rings (SSSR count). The summed E-state index contributed by atoms with van der Waals surface area (Å²) in [6.07, 6.45) is 0.00399. The van der Waals surface area contributed by atoms with Crippen molar-refractivity contribution < 1.29 is 18.3 Å². The van der Waals surface area contributed by atoms with Crippen LogP contribution in [0.15, 0.2) is 48.5 Å². The Labute approximate surface area is 165 Å². The molecule has 0 saturated carbocycles. The van der Waals surface area contributed by atoms with E-state index in [0.717, 1.165) is 23.4 Å². The third-order valence-electron chi connectivity index (χ3n) is 4.63. The van der Waals surface area contributed by atoms with E-state index in [1.165, 1.54) is 0 Å². The van der Waals surface area contributed by atoms with Crippen LogP contribution in [0.4, 0.5) is 17.1 Å². The van der Waals surface area contributed by atoms with Gasteiger partial charge in [0.05, 0.1) is 30.2 Å². The molecular formula is C20H25N3O4S. The van der Waals surface area contributed by atoms with E-state index in [4.69, 9.17) is 0 Å². The van der Waals surface area contributed by atoms with Crippen LogP contribution in [-0.4, -0.2) is 49.6 Å². The molecule has 1 fully saturated rings. The molecule has 1 heterocycles. The van der Waals surface area contributed by atoms with Crippen LogP contribution in [0.5, 0.6) is 0 Å². The summed E-state index contributed by atoms with van der Waals surface area (Å²) in [6, 6.07) is 14.4. The van der Waals surface area contributed by atoms with Gasteiger partial charge >= 0.3 is 0 Å². The van der Waals surface area contributed by atoms with Gasteiger partial charge in [0.15, 0.2) is 9.84 Å². The highest BCUT2D eigenvalue weighted by atomic mass is 32.2. The van der Waals surface area contributed by atoms with Gasteiger partial charge < -0.3 is 21.1 Å². The van der Waals surface area contributed by atoms with Crippen molar-refractivity contribution >= 4 is 32.8 Å². The highest BCUT2D eigenvalue weighted by Crippen LogP contribution is 2.20. The summed E-state index contributed by atoms with van der Waals surface area (Å²) >= 11 is 0. The maximum Gasteiger partial charge on any atom is 0.243 e. The molecule has 28 heavy (non-hydrogen) atoms. The number of aliphatic hydroxyl groups excluding tert-OH is 1. The molecule has 150 valence electrons. The molecular weight excluding hydrogens is 378 g/mol. The van der Waals surface area contributed by atoms with Gasteiger partial charge in [0.2, 0.25) is 5.91 Å². The molecule has 2 unspecified atom stereocenters. The topological polar surface area (TPSA) is 108 Å². The maximum absolute atomic E-state index is 12.1. The summed E-state index contributed by atoms with van der Waals surface area (Å²) in [4.78, 5) is 12.1. The van der Waals surface area contributed by atoms with Gasteiger partial charge in [-0.05, 0) is 48.4 Å². The maximum atomic E-state index is 12.1. The van der Waals surface area contributed by atoms with Crippen molar-refractivity contribution in [3.05, 3.63) is 54.1 Å². The van der Waals surface area contributed by atoms with Crippen LogP contribution in [0.1, 0.15) is 12.5 Å². The predicted molar refractivity (Wildman–Crippen MR) is 111 cm³/mol. The minimum Gasteiger partial charge on any atom is -0.390 e. The zero-order valence-electron chi connectivity index (χ0n) is 15.7. The van der Waals surface area contributed by atoms with E-state index in [2.05, 4.69) is 22.9 Å². The first-order valence-corrected chi connectivity index (χ1v) is 11.0. The van der Waals surface area contributed by atoms with Gasteiger partial charge in [-0.15, -0.1) is 0 Å². The number of anilines is 3. The Morgan fingerprint density at radius 1 is 1.07 bits per heavy atom. The highest BCUT2D eigenvalue weighted by Gasteiger charge is 2.36. The van der Waals surface area contributed by atoms with Crippen molar-refractivity contribution in [1.82, 2.24) is 0 Å². The average molecular weight is 404 g/mol. The number of aliphatic hydroxyl groups is 1. The molecule has 0 aromatic heterocycles. The van der Waals surface area contributed by atoms with E-state index in [1.54, 1.807) is 24.3 Å². The van der Waals surface area contributed by atoms with Crippen molar-refractivity contribution in [1.29, 1.82) is 0 Å². The number of hydrogen-bond acceptors (Lipinski definition) is 6. The van der Waals surface area contributed by atoms with E-state index in [1.807, 2.05) is 24.3 Å². The Hall–Kier alpha value is -2.58. The predicted octanol–water partition coefficient (Wildman–Crippen LogP) is 1.87. The summed E-state index contributed by atoms with van der Waals surface area (Å²) in [6.45, 7) is 2.19. The number of aryl methyl sites for hydroxylation is 1. The van der Waals surface area contributed by atoms with E-state index in [-0.39, 0.29) is 24.0 Å². The molecule has 4 N–H and O–H groups in total. The van der Waals surface area contributed by atoms with Crippen LogP contribution in [-0.2, 0) is 21.1 Å². The molecule has 2 atom stereocenters. The first kappa shape index (κ1) is 20.2. The van der Waals surface area contributed by atoms with Crippen molar-refractivity contribution in [2.24, 2.45) is 0 Å². The fraction of sp³-hybridized carbons (Fsp3) is 0.350. The molecule has 0 bridgehead atoms. The number of rotatable bonds is 7. The van der Waals surface area contributed by atoms with Crippen LogP contribution >= 0.6 is 0 Å². The van der Waals surface area contributed by atoms with E-state index < -0.39 is 22.0 Å². The SMILES string of the molecule is CCc1cccc(NC(=O)CNc2ccc(NC3CS(=O)(=O)CC3O)cc2)c1. The molecule has 1 aliphatic heterocycles. The smallest absolute Gasteiger partial charge is 0.243 e. The van der Waals surface area contributed by atoms with Crippen LogP contribution < -0.4 is 16.0 Å². The van der Waals surface area contributed by atoms with E-state index in [0.29, 0.717) is 5.69 Å². The number of amides is 1. The van der Waals surface area contributed by atoms with E-state index >= 15 is 0 Å². The van der Waals surface area contributed by atoms with Gasteiger partial charge in [0.1, 0.15) is 0 Å². The first-order chi connectivity index (χ1) is 13.3. The lowest BCUT2D eigenvalue weighted by Gasteiger charge is -2.16. The van der Waals surface area contributed by atoms with Crippen molar-refractivity contribution in [3.8, 4) is 0 Å². The van der Waals surface area contributed by atoms with Crippen molar-refractivity contribution in [3.63, 3.8) is 0 Å². The Kier molecular flexibility index (Phi) is 6.21. The number of carbonyl (C=O) groups is 1. The quantitative estimate of drug-likeness (QED) is 0.562. The second-order valence-corrected chi connectivity index (χ2v) is 9.08. The third kappa shape index (κ3) is 5.46. The van der Waals surface area contributed by atoms with Gasteiger partial charge in [-0.2, -0.15) is 0 Å². The van der Waals surface area contributed by atoms with E-state index in [9.17, 15) is 18.3 Å². The van der Waals surface area contributed by atoms with Crippen molar-refractivity contribution in [2.75, 3.05) is 34.0 Å². The fourth-order valence-electron chi connectivity index (χ4n) is 3.12. The van der Waals surface area contributed by atoms with Crippen LogP contribution in [0.25, 0.3) is 0 Å². The summed E-state index contributed by atoms with van der Waals surface area (Å²) < 4.78 is 23.1. The van der Waals surface area contributed by atoms with Gasteiger partial charge in [-0.25, -0.2) is 8.42 Å². The summed E-state index contributed by atoms with van der Waals surface area (Å²) in [5, 5.41) is 18.8. The van der Waals surface area contributed by atoms with Crippen LogP contribution in [0.3, 0.4) is 0 Å². The average Bonchev–Trinajstić information content (AvgIpc) is 2.92. The Morgan fingerprint density at radius 2 is 1.79 bits per heavy atom. The second-order valence-electron chi connectivity index (χ2n) is 6.93. The molecule has 0 spiro atoms. The normalized spacial score (nSPS) is 20.5. The highest BCUT2D eigenvalue weighted by molar-refractivity contribution is 7.91. The summed E-state index contributed by atoms with van der Waals surface area (Å²) in [5.74, 6) is -0.427. The second kappa shape index (κ2) is 8.62. The zero-order chi connectivity index (χ0) is 20.1. The fourth-order valence-corrected chi connectivity index (χ4v) is 4.86. The molecule has 2 aromatic carbocycles. The molecule has 0 radical (unpaired) electrons. The summed E-state index contributed by atoms with van der Waals surface area (Å²) in [5.41, 5.74) is 3.42. The molecule has 1 aliphatic rings. The van der Waals surface area contributed by atoms with Gasteiger partial charge in [-0.3, -0.25) is 4.79 Å². The number of nitrogens with one attached hydrogen (secondary N) is 3. The number of hydrogen-bond donors (Lipinski definition) is 4. The minimum absolute atomic E-state index is 0.0758. The molecule has 1 amide bonds. The zero-order valence-corrected chi connectivity index (χ0v) is 16.5. The number of sulfone groups is 1. The van der Waals surface area contributed by atoms with Gasteiger partial charge in [-0.1, -0.05) is 19.1 Å².